The third-order valence-corrected chi connectivity index (χ3v) is 3.26. The highest BCUT2D eigenvalue weighted by atomic mass is 16.5. The Hall–Kier alpha value is -1.55. The molecule has 2 N–H and O–H groups in total. The first-order chi connectivity index (χ1) is 8.47. The fourth-order valence-electron chi connectivity index (χ4n) is 2.51. The minimum Gasteiger partial charge on any atom is -0.372 e. The van der Waals surface area contributed by atoms with E-state index >= 15 is 0 Å². The number of carbonyl (C=O) groups is 1. The number of carbonyl (C=O) groups excluding carboxylic acids is 1. The number of morpholine rings is 1. The summed E-state index contributed by atoms with van der Waals surface area (Å²) in [6.45, 7) is 7.82. The van der Waals surface area contributed by atoms with Crippen LogP contribution in [-0.2, 0) is 4.74 Å². The van der Waals surface area contributed by atoms with E-state index in [2.05, 4.69) is 18.7 Å². The zero-order valence-corrected chi connectivity index (χ0v) is 11.1. The second-order valence-corrected chi connectivity index (χ2v) is 5.03. The Morgan fingerprint density at radius 2 is 1.94 bits per heavy atom. The van der Waals surface area contributed by atoms with E-state index in [4.69, 9.17) is 10.5 Å². The van der Waals surface area contributed by atoms with Crippen LogP contribution in [0.3, 0.4) is 0 Å². The van der Waals surface area contributed by atoms with Gasteiger partial charge in [-0.2, -0.15) is 0 Å². The lowest BCUT2D eigenvalue weighted by Gasteiger charge is -2.37. The quantitative estimate of drug-likeness (QED) is 0.866. The minimum atomic E-state index is -0.372. The van der Waals surface area contributed by atoms with E-state index in [1.807, 2.05) is 19.1 Å². The summed E-state index contributed by atoms with van der Waals surface area (Å²) in [7, 11) is 0. The van der Waals surface area contributed by atoms with E-state index in [0.717, 1.165) is 24.3 Å². The van der Waals surface area contributed by atoms with Crippen molar-refractivity contribution in [1.82, 2.24) is 0 Å². The van der Waals surface area contributed by atoms with E-state index in [9.17, 15) is 4.79 Å². The van der Waals surface area contributed by atoms with Crippen molar-refractivity contribution < 1.29 is 9.53 Å². The van der Waals surface area contributed by atoms with Crippen LogP contribution >= 0.6 is 0 Å². The third kappa shape index (κ3) is 2.64. The van der Waals surface area contributed by atoms with E-state index in [0.29, 0.717) is 5.56 Å². The molecule has 0 aromatic heterocycles. The number of benzene rings is 1. The summed E-state index contributed by atoms with van der Waals surface area (Å²) in [6, 6.07) is 5.78. The number of amides is 1. The highest BCUT2D eigenvalue weighted by Crippen LogP contribution is 2.23. The van der Waals surface area contributed by atoms with Crippen LogP contribution in [0.25, 0.3) is 0 Å². The molecule has 1 amide bonds. The van der Waals surface area contributed by atoms with Crippen LogP contribution in [0.2, 0.25) is 0 Å². The van der Waals surface area contributed by atoms with Gasteiger partial charge in [-0.25, -0.2) is 0 Å². The molecule has 18 heavy (non-hydrogen) atoms. The van der Waals surface area contributed by atoms with E-state index in [1.165, 1.54) is 0 Å². The molecule has 1 saturated heterocycles. The second-order valence-electron chi connectivity index (χ2n) is 5.03. The first kappa shape index (κ1) is 12.9. The van der Waals surface area contributed by atoms with Gasteiger partial charge in [-0.3, -0.25) is 4.79 Å². The molecule has 2 rings (SSSR count). The number of nitrogens with zero attached hydrogens (tertiary/aromatic N) is 1. The molecule has 0 radical (unpaired) electrons. The maximum atomic E-state index is 11.2. The number of rotatable bonds is 2. The molecule has 1 aliphatic rings. The molecule has 4 heteroatoms. The van der Waals surface area contributed by atoms with E-state index in [1.54, 1.807) is 6.07 Å². The van der Waals surface area contributed by atoms with E-state index < -0.39 is 0 Å². The monoisotopic (exact) mass is 248 g/mol. The topological polar surface area (TPSA) is 55.6 Å². The molecule has 1 heterocycles. The molecule has 0 bridgehead atoms. The molecular formula is C14H20N2O2. The van der Waals surface area contributed by atoms with Gasteiger partial charge in [0.05, 0.1) is 12.2 Å². The van der Waals surface area contributed by atoms with Crippen molar-refractivity contribution in [3.05, 3.63) is 29.3 Å². The number of nitrogens with two attached hydrogens (primary N) is 1. The Bertz CT molecular complexity index is 449. The summed E-state index contributed by atoms with van der Waals surface area (Å²) >= 11 is 0. The third-order valence-electron chi connectivity index (χ3n) is 3.26. The van der Waals surface area contributed by atoms with Crippen molar-refractivity contribution >= 4 is 11.6 Å². The van der Waals surface area contributed by atoms with Crippen LogP contribution in [0.1, 0.15) is 29.8 Å². The van der Waals surface area contributed by atoms with Crippen molar-refractivity contribution in [3.63, 3.8) is 0 Å². The van der Waals surface area contributed by atoms with Crippen LogP contribution in [-0.4, -0.2) is 31.2 Å². The molecule has 0 spiro atoms. The molecule has 1 aliphatic heterocycles. The maximum Gasteiger partial charge on any atom is 0.248 e. The van der Waals surface area contributed by atoms with Gasteiger partial charge in [0.15, 0.2) is 0 Å². The largest absolute Gasteiger partial charge is 0.372 e. The summed E-state index contributed by atoms with van der Waals surface area (Å²) in [6.07, 6.45) is 0.453. The van der Waals surface area contributed by atoms with Gasteiger partial charge in [0.2, 0.25) is 5.91 Å². The molecular weight excluding hydrogens is 228 g/mol. The van der Waals surface area contributed by atoms with Gasteiger partial charge in [0.25, 0.3) is 0 Å². The fourth-order valence-corrected chi connectivity index (χ4v) is 2.51. The normalized spacial score (nSPS) is 24.1. The molecule has 4 nitrogen and oxygen atoms in total. The number of aryl methyl sites for hydroxylation is 1. The maximum absolute atomic E-state index is 11.2. The van der Waals surface area contributed by atoms with Gasteiger partial charge in [0.1, 0.15) is 0 Å². The summed E-state index contributed by atoms with van der Waals surface area (Å²) in [4.78, 5) is 13.5. The van der Waals surface area contributed by atoms with Gasteiger partial charge in [0, 0.05) is 24.3 Å². The Labute approximate surface area is 108 Å². The van der Waals surface area contributed by atoms with Crippen molar-refractivity contribution in [3.8, 4) is 0 Å². The smallest absolute Gasteiger partial charge is 0.248 e. The van der Waals surface area contributed by atoms with Crippen LogP contribution < -0.4 is 10.6 Å². The van der Waals surface area contributed by atoms with Gasteiger partial charge in [-0.05, 0) is 44.5 Å². The summed E-state index contributed by atoms with van der Waals surface area (Å²) < 4.78 is 5.71. The standard InChI is InChI=1S/C14H20N2O2/c1-9-6-12(4-5-13(9)14(15)17)16-7-10(2)18-11(3)8-16/h4-6,10-11H,7-8H2,1-3H3,(H2,15,17)/t10-,11+. The first-order valence-corrected chi connectivity index (χ1v) is 6.28. The zero-order chi connectivity index (χ0) is 13.3. The average Bonchev–Trinajstić information content (AvgIpc) is 2.26. The number of ether oxygens (including phenoxy) is 1. The number of hydrogen-bond donors (Lipinski definition) is 1. The molecule has 98 valence electrons. The SMILES string of the molecule is Cc1cc(N2C[C@@H](C)O[C@@H](C)C2)ccc1C(N)=O. The molecule has 0 saturated carbocycles. The minimum absolute atomic E-state index is 0.227. The summed E-state index contributed by atoms with van der Waals surface area (Å²) in [5.41, 5.74) is 7.95. The van der Waals surface area contributed by atoms with E-state index in [-0.39, 0.29) is 18.1 Å². The number of primary amides is 1. The van der Waals surface area contributed by atoms with Crippen molar-refractivity contribution in [2.75, 3.05) is 18.0 Å². The lowest BCUT2D eigenvalue weighted by molar-refractivity contribution is -0.00522. The molecule has 2 atom stereocenters. The predicted molar refractivity (Wildman–Crippen MR) is 71.9 cm³/mol. The van der Waals surface area contributed by atoms with Crippen molar-refractivity contribution in [2.45, 2.75) is 33.0 Å². The highest BCUT2D eigenvalue weighted by Gasteiger charge is 2.22. The highest BCUT2D eigenvalue weighted by molar-refractivity contribution is 5.94. The summed E-state index contributed by atoms with van der Waals surface area (Å²) in [5.74, 6) is -0.372. The molecule has 0 aliphatic carbocycles. The Morgan fingerprint density at radius 1 is 1.33 bits per heavy atom. The van der Waals surface area contributed by atoms with Gasteiger partial charge in [-0.15, -0.1) is 0 Å². The summed E-state index contributed by atoms with van der Waals surface area (Å²) in [5, 5.41) is 0. The Kier molecular flexibility index (Phi) is 3.57. The average molecular weight is 248 g/mol. The lowest BCUT2D eigenvalue weighted by atomic mass is 10.1. The molecule has 0 unspecified atom stereocenters. The van der Waals surface area contributed by atoms with Gasteiger partial charge < -0.3 is 15.4 Å². The molecule has 1 aromatic carbocycles. The van der Waals surface area contributed by atoms with Crippen LogP contribution in [0.4, 0.5) is 5.69 Å². The Balaban J connectivity index is 2.23. The fraction of sp³-hybridized carbons (Fsp3) is 0.500. The van der Waals surface area contributed by atoms with Gasteiger partial charge in [-0.1, -0.05) is 0 Å². The van der Waals surface area contributed by atoms with Crippen LogP contribution in [0.15, 0.2) is 18.2 Å². The van der Waals surface area contributed by atoms with Crippen LogP contribution in [0, 0.1) is 6.92 Å². The second kappa shape index (κ2) is 4.98. The number of anilines is 1. The number of hydrogen-bond acceptors (Lipinski definition) is 3. The van der Waals surface area contributed by atoms with Gasteiger partial charge >= 0.3 is 0 Å². The van der Waals surface area contributed by atoms with Crippen LogP contribution in [0.5, 0.6) is 0 Å². The first-order valence-electron chi connectivity index (χ1n) is 6.28. The molecule has 1 aromatic rings. The zero-order valence-electron chi connectivity index (χ0n) is 11.1. The Morgan fingerprint density at radius 3 is 2.44 bits per heavy atom. The lowest BCUT2D eigenvalue weighted by Crippen LogP contribution is -2.45. The predicted octanol–water partition coefficient (Wildman–Crippen LogP) is 1.71. The molecule has 1 fully saturated rings. The van der Waals surface area contributed by atoms with Crippen molar-refractivity contribution in [2.24, 2.45) is 5.73 Å². The van der Waals surface area contributed by atoms with Crippen molar-refractivity contribution in [1.29, 1.82) is 0 Å².